The molecule has 2 rings (SSSR count). The van der Waals surface area contributed by atoms with Gasteiger partial charge in [0.15, 0.2) is 5.69 Å². The van der Waals surface area contributed by atoms with Gasteiger partial charge < -0.3 is 0 Å². The van der Waals surface area contributed by atoms with Crippen molar-refractivity contribution in [1.29, 1.82) is 0 Å². The molecule has 0 saturated heterocycles. The van der Waals surface area contributed by atoms with E-state index in [1.807, 2.05) is 36.4 Å². The number of aromatic nitrogens is 1. The van der Waals surface area contributed by atoms with Gasteiger partial charge in [0.2, 0.25) is 0 Å². The van der Waals surface area contributed by atoms with E-state index in [2.05, 4.69) is 25.9 Å². The van der Waals surface area contributed by atoms with E-state index in [0.717, 1.165) is 15.7 Å². The lowest BCUT2D eigenvalue weighted by Gasteiger charge is -1.95. The minimum absolute atomic E-state index is 0.551. The summed E-state index contributed by atoms with van der Waals surface area (Å²) >= 11 is 3.36. The molecule has 0 amide bonds. The van der Waals surface area contributed by atoms with Crippen molar-refractivity contribution in [3.63, 3.8) is 0 Å². The summed E-state index contributed by atoms with van der Waals surface area (Å²) in [6.07, 6.45) is 3.56. The first-order valence-electron chi connectivity index (χ1n) is 4.81. The van der Waals surface area contributed by atoms with Gasteiger partial charge in [0.05, 0.1) is 4.47 Å². The normalized spacial score (nSPS) is 10.8. The van der Waals surface area contributed by atoms with Crippen molar-refractivity contribution in [2.75, 3.05) is 5.73 Å². The van der Waals surface area contributed by atoms with Crippen LogP contribution in [-0.2, 0) is 0 Å². The highest BCUT2D eigenvalue weighted by Gasteiger charge is 2.03. The number of rotatable bonds is 2. The van der Waals surface area contributed by atoms with Gasteiger partial charge in [-0.2, -0.15) is 0 Å². The molecule has 80 valence electrons. The SMILES string of the molecule is Nc1[nH+]cc(Br)cc1N=Cc1ccccc1. The number of aliphatic imine (C=N–C) groups is 1. The van der Waals surface area contributed by atoms with Crippen LogP contribution in [0.1, 0.15) is 5.56 Å². The van der Waals surface area contributed by atoms with Gasteiger partial charge in [0.25, 0.3) is 5.82 Å². The molecule has 16 heavy (non-hydrogen) atoms. The predicted molar refractivity (Wildman–Crippen MR) is 68.8 cm³/mol. The molecule has 3 nitrogen and oxygen atoms in total. The highest BCUT2D eigenvalue weighted by atomic mass is 79.9. The second-order valence-corrected chi connectivity index (χ2v) is 4.20. The number of H-pyrrole nitrogens is 1. The predicted octanol–water partition coefficient (Wildman–Crippen LogP) is 2.60. The maximum atomic E-state index is 5.76. The zero-order valence-corrected chi connectivity index (χ0v) is 10.1. The summed E-state index contributed by atoms with van der Waals surface area (Å²) in [5, 5.41) is 0. The molecule has 2 aromatic rings. The largest absolute Gasteiger partial charge is 0.296 e. The van der Waals surface area contributed by atoms with E-state index < -0.39 is 0 Å². The topological polar surface area (TPSA) is 52.5 Å². The molecular weight excluding hydrogens is 266 g/mol. The number of nitrogens with one attached hydrogen (secondary N) is 1. The van der Waals surface area contributed by atoms with Crippen molar-refractivity contribution < 1.29 is 4.98 Å². The lowest BCUT2D eigenvalue weighted by atomic mass is 10.2. The molecule has 0 aliphatic heterocycles. The van der Waals surface area contributed by atoms with Crippen LogP contribution in [0.2, 0.25) is 0 Å². The van der Waals surface area contributed by atoms with Gasteiger partial charge in [-0.15, -0.1) is 0 Å². The molecule has 0 aliphatic rings. The molecule has 0 atom stereocenters. The fourth-order valence-corrected chi connectivity index (χ4v) is 1.59. The Hall–Kier alpha value is -1.68. The maximum absolute atomic E-state index is 5.76. The summed E-state index contributed by atoms with van der Waals surface area (Å²) < 4.78 is 0.918. The van der Waals surface area contributed by atoms with Crippen LogP contribution >= 0.6 is 15.9 Å². The van der Waals surface area contributed by atoms with Crippen LogP contribution in [0.3, 0.4) is 0 Å². The van der Waals surface area contributed by atoms with Crippen LogP contribution in [0, 0.1) is 0 Å². The molecule has 0 fully saturated rings. The van der Waals surface area contributed by atoms with Gasteiger partial charge in [-0.05, 0) is 27.6 Å². The number of nitrogens with zero attached hydrogens (tertiary/aromatic N) is 1. The minimum Gasteiger partial charge on any atom is -0.285 e. The van der Waals surface area contributed by atoms with Gasteiger partial charge >= 0.3 is 0 Å². The third-order valence-corrected chi connectivity index (χ3v) is 2.53. The molecule has 0 aliphatic carbocycles. The van der Waals surface area contributed by atoms with Crippen molar-refractivity contribution in [3.8, 4) is 0 Å². The number of nitrogen functional groups attached to an aromatic ring is 1. The molecule has 0 unspecified atom stereocenters. The van der Waals surface area contributed by atoms with E-state index >= 15 is 0 Å². The summed E-state index contributed by atoms with van der Waals surface area (Å²) in [5.41, 5.74) is 7.53. The van der Waals surface area contributed by atoms with Crippen LogP contribution in [0.15, 0.2) is 52.1 Å². The molecule has 1 heterocycles. The summed E-state index contributed by atoms with van der Waals surface area (Å²) in [4.78, 5) is 7.25. The second kappa shape index (κ2) is 4.90. The average molecular weight is 277 g/mol. The number of nitrogens with two attached hydrogens (primary N) is 1. The smallest absolute Gasteiger partial charge is 0.285 e. The Bertz CT molecular complexity index is 509. The molecule has 4 heteroatoms. The van der Waals surface area contributed by atoms with E-state index in [0.29, 0.717) is 5.82 Å². The molecule has 0 radical (unpaired) electrons. The number of pyridine rings is 1. The Kier molecular flexibility index (Phi) is 3.31. The van der Waals surface area contributed by atoms with Crippen LogP contribution in [-0.4, -0.2) is 6.21 Å². The van der Waals surface area contributed by atoms with Crippen molar-refractivity contribution in [2.45, 2.75) is 0 Å². The van der Waals surface area contributed by atoms with E-state index in [1.54, 1.807) is 12.4 Å². The molecule has 1 aromatic heterocycles. The Morgan fingerprint density at radius 1 is 1.25 bits per heavy atom. The number of anilines is 1. The third kappa shape index (κ3) is 2.67. The number of hydrogen-bond acceptors (Lipinski definition) is 2. The quantitative estimate of drug-likeness (QED) is 0.843. The van der Waals surface area contributed by atoms with Gasteiger partial charge in [0, 0.05) is 6.21 Å². The average Bonchev–Trinajstić information content (AvgIpc) is 2.32. The number of hydrogen-bond donors (Lipinski definition) is 1. The molecule has 3 N–H and O–H groups in total. The molecular formula is C12H11BrN3+. The Balaban J connectivity index is 2.27. The van der Waals surface area contributed by atoms with E-state index in [4.69, 9.17) is 5.73 Å². The summed E-state index contributed by atoms with van der Waals surface area (Å²) in [6, 6.07) is 11.8. The van der Waals surface area contributed by atoms with E-state index in [9.17, 15) is 0 Å². The van der Waals surface area contributed by atoms with Crippen LogP contribution in [0.25, 0.3) is 0 Å². The van der Waals surface area contributed by atoms with Gasteiger partial charge in [-0.25, -0.2) is 9.98 Å². The molecule has 0 bridgehead atoms. The zero-order valence-electron chi connectivity index (χ0n) is 8.52. The van der Waals surface area contributed by atoms with Crippen molar-refractivity contribution in [2.24, 2.45) is 4.99 Å². The fraction of sp³-hybridized carbons (Fsp3) is 0. The van der Waals surface area contributed by atoms with E-state index in [1.165, 1.54) is 0 Å². The zero-order chi connectivity index (χ0) is 11.4. The van der Waals surface area contributed by atoms with Crippen LogP contribution in [0.4, 0.5) is 11.5 Å². The fourth-order valence-electron chi connectivity index (χ4n) is 1.26. The molecule has 0 saturated carbocycles. The van der Waals surface area contributed by atoms with Gasteiger partial charge in [-0.1, -0.05) is 30.3 Å². The Morgan fingerprint density at radius 3 is 2.75 bits per heavy atom. The highest BCUT2D eigenvalue weighted by Crippen LogP contribution is 2.20. The third-order valence-electron chi connectivity index (χ3n) is 2.07. The monoisotopic (exact) mass is 276 g/mol. The molecule has 1 aromatic carbocycles. The van der Waals surface area contributed by atoms with Gasteiger partial charge in [-0.3, -0.25) is 5.73 Å². The van der Waals surface area contributed by atoms with Crippen molar-refractivity contribution >= 4 is 33.6 Å². The maximum Gasteiger partial charge on any atom is 0.296 e. The number of aromatic amines is 1. The summed E-state index contributed by atoms with van der Waals surface area (Å²) in [5.74, 6) is 0.551. The lowest BCUT2D eigenvalue weighted by Crippen LogP contribution is -2.09. The number of halogens is 1. The first-order chi connectivity index (χ1) is 7.75. The van der Waals surface area contributed by atoms with Crippen LogP contribution in [0.5, 0.6) is 0 Å². The van der Waals surface area contributed by atoms with Crippen molar-refractivity contribution in [1.82, 2.24) is 0 Å². The standard InChI is InChI=1S/C12H10BrN3/c13-10-6-11(12(14)16-8-10)15-7-9-4-2-1-3-5-9/h1-8H,(H2,14,16)/p+1. The first kappa shape index (κ1) is 10.8. The Labute approximate surface area is 102 Å². The Morgan fingerprint density at radius 2 is 2.00 bits per heavy atom. The second-order valence-electron chi connectivity index (χ2n) is 3.29. The summed E-state index contributed by atoms with van der Waals surface area (Å²) in [7, 11) is 0. The van der Waals surface area contributed by atoms with Crippen molar-refractivity contribution in [3.05, 3.63) is 52.6 Å². The minimum atomic E-state index is 0.551. The highest BCUT2D eigenvalue weighted by molar-refractivity contribution is 9.10. The summed E-state index contributed by atoms with van der Waals surface area (Å²) in [6.45, 7) is 0. The van der Waals surface area contributed by atoms with E-state index in [-0.39, 0.29) is 0 Å². The lowest BCUT2D eigenvalue weighted by molar-refractivity contribution is -0.360. The van der Waals surface area contributed by atoms with Gasteiger partial charge in [0.1, 0.15) is 6.20 Å². The first-order valence-corrected chi connectivity index (χ1v) is 5.61. The molecule has 0 spiro atoms. The van der Waals surface area contributed by atoms with Crippen LogP contribution < -0.4 is 10.7 Å². The number of benzene rings is 1.